The zero-order chi connectivity index (χ0) is 17.0. The van der Waals surface area contributed by atoms with Gasteiger partial charge in [0.05, 0.1) is 11.3 Å². The van der Waals surface area contributed by atoms with E-state index in [1.165, 1.54) is 12.1 Å². The van der Waals surface area contributed by atoms with Crippen LogP contribution in [-0.4, -0.2) is 17.7 Å². The van der Waals surface area contributed by atoms with E-state index in [1.807, 2.05) is 20.8 Å². The largest absolute Gasteiger partial charge is 0.416 e. The van der Waals surface area contributed by atoms with Gasteiger partial charge in [-0.3, -0.25) is 0 Å². The summed E-state index contributed by atoms with van der Waals surface area (Å²) in [5.41, 5.74) is 2.05. The van der Waals surface area contributed by atoms with Gasteiger partial charge in [-0.25, -0.2) is 0 Å². The van der Waals surface area contributed by atoms with Crippen molar-refractivity contribution >= 4 is 0 Å². The van der Waals surface area contributed by atoms with Crippen LogP contribution in [0, 0.1) is 13.8 Å². The van der Waals surface area contributed by atoms with Crippen LogP contribution >= 0.6 is 0 Å². The summed E-state index contributed by atoms with van der Waals surface area (Å²) in [7, 11) is 0. The van der Waals surface area contributed by atoms with E-state index >= 15 is 0 Å². The minimum absolute atomic E-state index is 0.0824. The summed E-state index contributed by atoms with van der Waals surface area (Å²) in [6, 6.07) is 5.57. The molecule has 0 saturated heterocycles. The number of nitrogens with zero attached hydrogens (tertiary/aromatic N) is 1. The summed E-state index contributed by atoms with van der Waals surface area (Å²) in [5, 5.41) is 7.24. The van der Waals surface area contributed by atoms with Gasteiger partial charge in [0.1, 0.15) is 5.76 Å². The molecule has 126 valence electrons. The molecule has 3 nitrogen and oxygen atoms in total. The highest BCUT2D eigenvalue weighted by molar-refractivity contribution is 5.26. The molecule has 1 aromatic carbocycles. The highest BCUT2D eigenvalue weighted by Crippen LogP contribution is 2.29. The molecule has 1 heterocycles. The summed E-state index contributed by atoms with van der Waals surface area (Å²) < 4.78 is 43.2. The van der Waals surface area contributed by atoms with Crippen LogP contribution in [0.15, 0.2) is 28.8 Å². The van der Waals surface area contributed by atoms with Gasteiger partial charge < -0.3 is 9.84 Å². The minimum atomic E-state index is -4.30. The molecule has 1 atom stereocenters. The van der Waals surface area contributed by atoms with Crippen LogP contribution in [-0.2, 0) is 19.0 Å². The Bertz CT molecular complexity index is 630. The van der Waals surface area contributed by atoms with Crippen LogP contribution < -0.4 is 5.32 Å². The summed E-state index contributed by atoms with van der Waals surface area (Å²) in [4.78, 5) is 0. The third kappa shape index (κ3) is 4.82. The highest BCUT2D eigenvalue weighted by Gasteiger charge is 2.30. The molecule has 0 aliphatic carbocycles. The average Bonchev–Trinajstić information content (AvgIpc) is 2.78. The van der Waals surface area contributed by atoms with Gasteiger partial charge in [0, 0.05) is 11.6 Å². The Kier molecular flexibility index (Phi) is 5.46. The number of rotatable bonds is 6. The maximum Gasteiger partial charge on any atom is 0.416 e. The number of aryl methyl sites for hydroxylation is 2. The van der Waals surface area contributed by atoms with Gasteiger partial charge >= 0.3 is 6.18 Å². The first kappa shape index (κ1) is 17.5. The molecular weight excluding hydrogens is 305 g/mol. The Hall–Kier alpha value is -1.82. The molecule has 0 unspecified atom stereocenters. The van der Waals surface area contributed by atoms with Crippen molar-refractivity contribution in [1.29, 1.82) is 0 Å². The summed E-state index contributed by atoms with van der Waals surface area (Å²) in [5.74, 6) is 0.815. The number of halogens is 3. The second-order valence-electron chi connectivity index (χ2n) is 5.81. The van der Waals surface area contributed by atoms with Crippen LogP contribution in [0.25, 0.3) is 0 Å². The monoisotopic (exact) mass is 326 g/mol. The van der Waals surface area contributed by atoms with E-state index in [-0.39, 0.29) is 6.04 Å². The van der Waals surface area contributed by atoms with Crippen molar-refractivity contribution in [3.05, 3.63) is 52.4 Å². The summed E-state index contributed by atoms with van der Waals surface area (Å²) in [6.45, 7) is 6.47. The smallest absolute Gasteiger partial charge is 0.361 e. The Morgan fingerprint density at radius 1 is 1.26 bits per heavy atom. The van der Waals surface area contributed by atoms with Gasteiger partial charge in [-0.05, 0) is 51.8 Å². The van der Waals surface area contributed by atoms with Gasteiger partial charge in [0.15, 0.2) is 0 Å². The van der Waals surface area contributed by atoms with Crippen molar-refractivity contribution in [3.63, 3.8) is 0 Å². The summed E-state index contributed by atoms with van der Waals surface area (Å²) >= 11 is 0. The molecule has 0 bridgehead atoms. The maximum absolute atomic E-state index is 12.7. The molecule has 0 fully saturated rings. The van der Waals surface area contributed by atoms with Gasteiger partial charge in [0.2, 0.25) is 0 Å². The number of aromatic nitrogens is 1. The van der Waals surface area contributed by atoms with E-state index in [0.29, 0.717) is 12.0 Å². The molecule has 0 amide bonds. The molecule has 1 aromatic heterocycles. The van der Waals surface area contributed by atoms with E-state index in [0.717, 1.165) is 36.0 Å². The number of alkyl halides is 3. The number of nitrogens with one attached hydrogen (secondary N) is 1. The van der Waals surface area contributed by atoms with Crippen LogP contribution in [0.4, 0.5) is 13.2 Å². The standard InChI is InChI=1S/C17H21F3N2O/c1-11(21-8-7-16-12(2)22-23-13(16)3)9-14-5-4-6-15(10-14)17(18,19)20/h4-6,10-11,21H,7-9H2,1-3H3/t11-/m1/s1. The van der Waals surface area contributed by atoms with Crippen LogP contribution in [0.5, 0.6) is 0 Å². The van der Waals surface area contributed by atoms with E-state index in [1.54, 1.807) is 6.07 Å². The Balaban J connectivity index is 1.87. The molecular formula is C17H21F3N2O. The third-order valence-corrected chi connectivity index (χ3v) is 3.85. The Morgan fingerprint density at radius 2 is 2.00 bits per heavy atom. The first-order valence-corrected chi connectivity index (χ1v) is 7.58. The third-order valence-electron chi connectivity index (χ3n) is 3.85. The normalized spacial score (nSPS) is 13.3. The van der Waals surface area contributed by atoms with Crippen molar-refractivity contribution in [2.45, 2.75) is 45.8 Å². The van der Waals surface area contributed by atoms with E-state index in [2.05, 4.69) is 10.5 Å². The number of hydrogen-bond donors (Lipinski definition) is 1. The van der Waals surface area contributed by atoms with Crippen molar-refractivity contribution in [2.75, 3.05) is 6.54 Å². The second kappa shape index (κ2) is 7.17. The first-order valence-electron chi connectivity index (χ1n) is 7.58. The quantitative estimate of drug-likeness (QED) is 0.869. The molecule has 0 spiro atoms. The topological polar surface area (TPSA) is 38.1 Å². The molecule has 23 heavy (non-hydrogen) atoms. The molecule has 0 radical (unpaired) electrons. The van der Waals surface area contributed by atoms with Crippen molar-refractivity contribution < 1.29 is 17.7 Å². The fraction of sp³-hybridized carbons (Fsp3) is 0.471. The molecule has 2 aromatic rings. The molecule has 0 saturated carbocycles. The van der Waals surface area contributed by atoms with Crippen LogP contribution in [0.3, 0.4) is 0 Å². The van der Waals surface area contributed by atoms with Gasteiger partial charge in [0.25, 0.3) is 0 Å². The maximum atomic E-state index is 12.7. The zero-order valence-corrected chi connectivity index (χ0v) is 13.5. The predicted octanol–water partition coefficient (Wildman–Crippen LogP) is 4.07. The minimum Gasteiger partial charge on any atom is -0.361 e. The lowest BCUT2D eigenvalue weighted by molar-refractivity contribution is -0.137. The van der Waals surface area contributed by atoms with Gasteiger partial charge in [-0.1, -0.05) is 23.4 Å². The molecule has 2 rings (SSSR count). The fourth-order valence-corrected chi connectivity index (χ4v) is 2.60. The Morgan fingerprint density at radius 3 is 2.61 bits per heavy atom. The molecule has 0 aliphatic rings. The van der Waals surface area contributed by atoms with E-state index in [9.17, 15) is 13.2 Å². The zero-order valence-electron chi connectivity index (χ0n) is 13.5. The SMILES string of the molecule is Cc1noc(C)c1CCN[C@H](C)Cc1cccc(C(F)(F)F)c1. The second-order valence-corrected chi connectivity index (χ2v) is 5.81. The number of hydrogen-bond acceptors (Lipinski definition) is 3. The average molecular weight is 326 g/mol. The van der Waals surface area contributed by atoms with E-state index in [4.69, 9.17) is 4.52 Å². The van der Waals surface area contributed by atoms with Crippen molar-refractivity contribution in [3.8, 4) is 0 Å². The van der Waals surface area contributed by atoms with Crippen molar-refractivity contribution in [1.82, 2.24) is 10.5 Å². The molecule has 6 heteroatoms. The Labute approximate surface area is 133 Å². The van der Waals surface area contributed by atoms with Gasteiger partial charge in [-0.2, -0.15) is 13.2 Å². The molecule has 0 aliphatic heterocycles. The highest BCUT2D eigenvalue weighted by atomic mass is 19.4. The first-order chi connectivity index (χ1) is 10.8. The lowest BCUT2D eigenvalue weighted by atomic mass is 10.0. The lowest BCUT2D eigenvalue weighted by Gasteiger charge is -2.15. The van der Waals surface area contributed by atoms with Crippen molar-refractivity contribution in [2.24, 2.45) is 0 Å². The van der Waals surface area contributed by atoms with Gasteiger partial charge in [-0.15, -0.1) is 0 Å². The summed E-state index contributed by atoms with van der Waals surface area (Å²) in [6.07, 6.45) is -2.96. The van der Waals surface area contributed by atoms with E-state index < -0.39 is 11.7 Å². The number of benzene rings is 1. The van der Waals surface area contributed by atoms with Crippen LogP contribution in [0.1, 0.15) is 35.1 Å². The van der Waals surface area contributed by atoms with Crippen LogP contribution in [0.2, 0.25) is 0 Å². The lowest BCUT2D eigenvalue weighted by Crippen LogP contribution is -2.30. The molecule has 1 N–H and O–H groups in total. The predicted molar refractivity (Wildman–Crippen MR) is 82.3 cm³/mol. The fourth-order valence-electron chi connectivity index (χ4n) is 2.60.